The molecule has 0 aromatic carbocycles. The minimum atomic E-state index is -0.213. The highest BCUT2D eigenvalue weighted by Crippen LogP contribution is 1.98. The first-order valence-corrected chi connectivity index (χ1v) is 9.78. The molecule has 0 aromatic heterocycles. The van der Waals surface area contributed by atoms with E-state index in [1.54, 1.807) is 13.0 Å². The van der Waals surface area contributed by atoms with E-state index in [9.17, 15) is 9.59 Å². The van der Waals surface area contributed by atoms with Crippen LogP contribution in [0.15, 0.2) is 0 Å². The van der Waals surface area contributed by atoms with Crippen LogP contribution in [0.2, 0.25) is 0 Å². The molecule has 0 aromatic rings. The highest BCUT2D eigenvalue weighted by atomic mass is 16.5. The molecule has 0 saturated carbocycles. The van der Waals surface area contributed by atoms with Crippen molar-refractivity contribution in [1.29, 1.82) is 5.26 Å². The minimum Gasteiger partial charge on any atom is -0.466 e. The van der Waals surface area contributed by atoms with E-state index in [0.29, 0.717) is 18.8 Å². The fraction of sp³-hybridized carbons (Fsp3) is 0.857. The third kappa shape index (κ3) is 64.5. The SMILES string of the molecule is C1CCOC1.CC#N.CC(=O)OC(C)C.CC(C)OC(C)C.CCOC(C)=O. The molecule has 7 nitrogen and oxygen atoms in total. The van der Waals surface area contributed by atoms with Gasteiger partial charge in [0.1, 0.15) is 0 Å². The van der Waals surface area contributed by atoms with Crippen molar-refractivity contribution < 1.29 is 28.5 Å². The molecule has 7 heteroatoms. The molecule has 1 aliphatic rings. The van der Waals surface area contributed by atoms with Gasteiger partial charge in [0.2, 0.25) is 0 Å². The van der Waals surface area contributed by atoms with E-state index in [-0.39, 0.29) is 18.0 Å². The quantitative estimate of drug-likeness (QED) is 0.627. The fourth-order valence-corrected chi connectivity index (χ4v) is 1.59. The summed E-state index contributed by atoms with van der Waals surface area (Å²) < 4.78 is 19.2. The zero-order valence-electron chi connectivity index (χ0n) is 19.7. The van der Waals surface area contributed by atoms with Crippen LogP contribution >= 0.6 is 0 Å². The second kappa shape index (κ2) is 27.6. The first-order valence-electron chi connectivity index (χ1n) is 9.78. The molecule has 1 fully saturated rings. The number of carbonyl (C=O) groups is 2. The van der Waals surface area contributed by atoms with Gasteiger partial charge >= 0.3 is 11.9 Å². The van der Waals surface area contributed by atoms with Crippen LogP contribution in [0.4, 0.5) is 0 Å². The molecule has 0 unspecified atom stereocenters. The maximum Gasteiger partial charge on any atom is 0.302 e. The molecule has 1 saturated heterocycles. The molecular formula is C21H43NO6. The van der Waals surface area contributed by atoms with Gasteiger partial charge in [-0.2, -0.15) is 5.26 Å². The Morgan fingerprint density at radius 1 is 0.929 bits per heavy atom. The lowest BCUT2D eigenvalue weighted by Crippen LogP contribution is -2.09. The van der Waals surface area contributed by atoms with E-state index in [4.69, 9.17) is 14.7 Å². The lowest BCUT2D eigenvalue weighted by molar-refractivity contribution is -0.144. The second-order valence-electron chi connectivity index (χ2n) is 6.36. The van der Waals surface area contributed by atoms with Gasteiger partial charge in [-0.25, -0.2) is 0 Å². The van der Waals surface area contributed by atoms with Crippen LogP contribution in [-0.2, 0) is 28.5 Å². The Morgan fingerprint density at radius 2 is 1.32 bits per heavy atom. The third-order valence-corrected chi connectivity index (χ3v) is 2.12. The lowest BCUT2D eigenvalue weighted by atomic mass is 10.4. The first-order chi connectivity index (χ1) is 12.9. The Balaban J connectivity index is -0.000000132. The zero-order chi connectivity index (χ0) is 23.0. The van der Waals surface area contributed by atoms with Gasteiger partial charge in [-0.05, 0) is 61.3 Å². The van der Waals surface area contributed by atoms with E-state index in [0.717, 1.165) is 13.2 Å². The normalized spacial score (nSPS) is 11.3. The molecule has 1 heterocycles. The molecule has 1 rings (SSSR count). The topological polar surface area (TPSA) is 94.8 Å². The Morgan fingerprint density at radius 3 is 1.36 bits per heavy atom. The molecule has 1 aliphatic heterocycles. The Kier molecular flexibility index (Phi) is 33.4. The van der Waals surface area contributed by atoms with E-state index in [1.807, 2.05) is 41.5 Å². The first kappa shape index (κ1) is 33.9. The average Bonchev–Trinajstić information content (AvgIpc) is 3.05. The number of hydrogen-bond acceptors (Lipinski definition) is 7. The van der Waals surface area contributed by atoms with Crippen LogP contribution in [-0.4, -0.2) is 50.1 Å². The molecule has 0 bridgehead atoms. The molecule has 0 radical (unpaired) electrons. The van der Waals surface area contributed by atoms with Crippen molar-refractivity contribution in [3.8, 4) is 6.07 Å². The monoisotopic (exact) mass is 405 g/mol. The number of hydrogen-bond donors (Lipinski definition) is 0. The molecule has 28 heavy (non-hydrogen) atoms. The second-order valence-corrected chi connectivity index (χ2v) is 6.36. The molecular weight excluding hydrogens is 362 g/mol. The van der Waals surface area contributed by atoms with Crippen LogP contribution in [0.1, 0.15) is 82.1 Å². The van der Waals surface area contributed by atoms with E-state index >= 15 is 0 Å². The number of esters is 2. The average molecular weight is 406 g/mol. The smallest absolute Gasteiger partial charge is 0.302 e. The van der Waals surface area contributed by atoms with Crippen molar-refractivity contribution in [3.05, 3.63) is 0 Å². The summed E-state index contributed by atoms with van der Waals surface area (Å²) in [5.74, 6) is -0.424. The maximum absolute atomic E-state index is 10.0. The standard InChI is InChI=1S/C6H14O.C5H10O2.C4H8O2.C4H8O.C2H3N/c1-5(2)7-6(3)4;1-4(2)7-5(3)6;1-3-6-4(2)5;1-2-4-5-3-1;1-2-3/h5-6H,1-4H3;4H,1-3H3;3H2,1-2H3;1-4H2;1H3. The molecule has 0 N–H and O–H groups in total. The van der Waals surface area contributed by atoms with Crippen molar-refractivity contribution in [2.45, 2.75) is 100 Å². The van der Waals surface area contributed by atoms with E-state index < -0.39 is 0 Å². The summed E-state index contributed by atoms with van der Waals surface area (Å²) in [6.07, 6.45) is 3.33. The molecule has 0 amide bonds. The minimum absolute atomic E-state index is 0.0255. The van der Waals surface area contributed by atoms with Gasteiger partial charge in [-0.15, -0.1) is 0 Å². The summed E-state index contributed by atoms with van der Waals surface area (Å²) in [5.41, 5.74) is 0. The van der Waals surface area contributed by atoms with Crippen LogP contribution in [0.25, 0.3) is 0 Å². The van der Waals surface area contributed by atoms with Gasteiger partial charge in [-0.1, -0.05) is 0 Å². The Bertz CT molecular complexity index is 358. The van der Waals surface area contributed by atoms with Gasteiger partial charge in [-0.3, -0.25) is 9.59 Å². The molecule has 0 aliphatic carbocycles. The third-order valence-electron chi connectivity index (χ3n) is 2.12. The summed E-state index contributed by atoms with van der Waals surface area (Å²) >= 11 is 0. The fourth-order valence-electron chi connectivity index (χ4n) is 1.59. The number of nitriles is 1. The summed E-state index contributed by atoms with van der Waals surface area (Å²) in [5, 5.41) is 7.32. The van der Waals surface area contributed by atoms with Crippen LogP contribution in [0.5, 0.6) is 0 Å². The van der Waals surface area contributed by atoms with Crippen LogP contribution in [0.3, 0.4) is 0 Å². The highest BCUT2D eigenvalue weighted by Gasteiger charge is 1.95. The van der Waals surface area contributed by atoms with Gasteiger partial charge in [0.15, 0.2) is 0 Å². The zero-order valence-corrected chi connectivity index (χ0v) is 19.7. The van der Waals surface area contributed by atoms with Crippen molar-refractivity contribution in [1.82, 2.24) is 0 Å². The van der Waals surface area contributed by atoms with Crippen molar-refractivity contribution >= 4 is 11.9 Å². The van der Waals surface area contributed by atoms with Crippen LogP contribution in [0, 0.1) is 11.3 Å². The van der Waals surface area contributed by atoms with Gasteiger partial charge in [0, 0.05) is 34.0 Å². The number of carbonyl (C=O) groups excluding carboxylic acids is 2. The maximum atomic E-state index is 10.0. The summed E-state index contributed by atoms with van der Waals surface area (Å²) in [7, 11) is 0. The van der Waals surface area contributed by atoms with Crippen molar-refractivity contribution in [2.24, 2.45) is 0 Å². The Hall–Kier alpha value is -1.65. The number of nitrogens with zero attached hydrogens (tertiary/aromatic N) is 1. The predicted octanol–water partition coefficient (Wildman–Crippen LogP) is 4.67. The predicted molar refractivity (Wildman–Crippen MR) is 112 cm³/mol. The molecule has 0 atom stereocenters. The van der Waals surface area contributed by atoms with E-state index in [1.165, 1.54) is 33.6 Å². The van der Waals surface area contributed by atoms with Crippen molar-refractivity contribution in [3.63, 3.8) is 0 Å². The highest BCUT2D eigenvalue weighted by molar-refractivity contribution is 5.66. The molecule has 0 spiro atoms. The number of rotatable bonds is 4. The lowest BCUT2D eigenvalue weighted by Gasteiger charge is -2.09. The van der Waals surface area contributed by atoms with Gasteiger partial charge < -0.3 is 18.9 Å². The van der Waals surface area contributed by atoms with Crippen molar-refractivity contribution in [2.75, 3.05) is 19.8 Å². The summed E-state index contributed by atoms with van der Waals surface area (Å²) in [6, 6.07) is 1.75. The summed E-state index contributed by atoms with van der Waals surface area (Å²) in [6.45, 7) is 20.3. The van der Waals surface area contributed by atoms with Gasteiger partial charge in [0.25, 0.3) is 0 Å². The summed E-state index contributed by atoms with van der Waals surface area (Å²) in [4.78, 5) is 19.9. The Labute approximate surface area is 172 Å². The van der Waals surface area contributed by atoms with Crippen LogP contribution < -0.4 is 0 Å². The number of ether oxygens (including phenoxy) is 4. The van der Waals surface area contributed by atoms with E-state index in [2.05, 4.69) is 9.47 Å². The van der Waals surface area contributed by atoms with Gasteiger partial charge in [0.05, 0.1) is 31.0 Å². The largest absolute Gasteiger partial charge is 0.466 e. The molecule has 168 valence electrons.